The van der Waals surface area contributed by atoms with E-state index < -0.39 is 0 Å². The maximum atomic E-state index is 12.5. The molecule has 0 aliphatic rings. The summed E-state index contributed by atoms with van der Waals surface area (Å²) in [5, 5.41) is 3.97. The lowest BCUT2D eigenvalue weighted by molar-refractivity contribution is 0.0717. The van der Waals surface area contributed by atoms with Gasteiger partial charge in [-0.25, -0.2) is 0 Å². The standard InChI is InChI=1S/C20H29N3O2/c1-15(2)11-16(3)23(5)20(24)19-12-18(25-21-19)14-22(4)13-17-9-7-6-8-10-17/h6-10,12,15-16H,11,13-14H2,1-5H3/t16-/m1/s1. The Labute approximate surface area is 150 Å². The van der Waals surface area contributed by atoms with Crippen molar-refractivity contribution in [3.8, 4) is 0 Å². The normalized spacial score (nSPS) is 12.6. The molecule has 0 fully saturated rings. The van der Waals surface area contributed by atoms with Crippen molar-refractivity contribution in [2.24, 2.45) is 5.92 Å². The number of hydrogen-bond donors (Lipinski definition) is 0. The molecular weight excluding hydrogens is 314 g/mol. The van der Waals surface area contributed by atoms with Gasteiger partial charge in [-0.05, 0) is 31.9 Å². The van der Waals surface area contributed by atoms with E-state index in [1.807, 2.05) is 32.3 Å². The van der Waals surface area contributed by atoms with Gasteiger partial charge in [0.1, 0.15) is 0 Å². The Hall–Kier alpha value is -2.14. The van der Waals surface area contributed by atoms with E-state index in [9.17, 15) is 4.79 Å². The third-order valence-corrected chi connectivity index (χ3v) is 4.29. The van der Waals surface area contributed by atoms with Crippen molar-refractivity contribution in [3.63, 3.8) is 0 Å². The van der Waals surface area contributed by atoms with Crippen LogP contribution < -0.4 is 0 Å². The van der Waals surface area contributed by atoms with E-state index in [1.165, 1.54) is 5.56 Å². The van der Waals surface area contributed by atoms with Crippen molar-refractivity contribution in [2.45, 2.75) is 46.3 Å². The highest BCUT2D eigenvalue weighted by atomic mass is 16.5. The Morgan fingerprint density at radius 1 is 1.12 bits per heavy atom. The highest BCUT2D eigenvalue weighted by Crippen LogP contribution is 2.15. The van der Waals surface area contributed by atoms with Crippen molar-refractivity contribution >= 4 is 5.91 Å². The van der Waals surface area contributed by atoms with Gasteiger partial charge >= 0.3 is 0 Å². The Balaban J connectivity index is 1.93. The first-order chi connectivity index (χ1) is 11.9. The Bertz CT molecular complexity index is 667. The minimum absolute atomic E-state index is 0.0890. The summed E-state index contributed by atoms with van der Waals surface area (Å²) in [4.78, 5) is 16.4. The number of carbonyl (C=O) groups is 1. The fourth-order valence-corrected chi connectivity index (χ4v) is 2.93. The molecule has 0 bridgehead atoms. The summed E-state index contributed by atoms with van der Waals surface area (Å²) in [6.07, 6.45) is 0.965. The molecule has 0 aliphatic heterocycles. The molecule has 2 aromatic rings. The van der Waals surface area contributed by atoms with E-state index in [-0.39, 0.29) is 11.9 Å². The van der Waals surface area contributed by atoms with Crippen LogP contribution in [0.25, 0.3) is 0 Å². The van der Waals surface area contributed by atoms with Crippen molar-refractivity contribution < 1.29 is 9.32 Å². The number of aromatic nitrogens is 1. The molecule has 25 heavy (non-hydrogen) atoms. The number of amides is 1. The topological polar surface area (TPSA) is 49.6 Å². The third-order valence-electron chi connectivity index (χ3n) is 4.29. The first-order valence-corrected chi connectivity index (χ1v) is 8.82. The van der Waals surface area contributed by atoms with Crippen LogP contribution in [0.2, 0.25) is 0 Å². The largest absolute Gasteiger partial charge is 0.359 e. The molecule has 136 valence electrons. The molecule has 0 spiro atoms. The van der Waals surface area contributed by atoms with Crippen LogP contribution in [0.4, 0.5) is 0 Å². The van der Waals surface area contributed by atoms with Crippen LogP contribution in [0.5, 0.6) is 0 Å². The molecule has 5 heteroatoms. The van der Waals surface area contributed by atoms with Gasteiger partial charge in [-0.3, -0.25) is 9.69 Å². The number of nitrogens with zero attached hydrogens (tertiary/aromatic N) is 3. The van der Waals surface area contributed by atoms with E-state index in [4.69, 9.17) is 4.52 Å². The fraction of sp³-hybridized carbons (Fsp3) is 0.500. The van der Waals surface area contributed by atoms with Gasteiger partial charge in [0.2, 0.25) is 0 Å². The lowest BCUT2D eigenvalue weighted by atomic mass is 10.0. The van der Waals surface area contributed by atoms with Gasteiger partial charge in [-0.2, -0.15) is 0 Å². The maximum Gasteiger partial charge on any atom is 0.276 e. The molecular formula is C20H29N3O2. The highest BCUT2D eigenvalue weighted by Gasteiger charge is 2.22. The lowest BCUT2D eigenvalue weighted by Gasteiger charge is -2.25. The average Bonchev–Trinajstić information content (AvgIpc) is 3.02. The van der Waals surface area contributed by atoms with Crippen LogP contribution in [0, 0.1) is 5.92 Å². The molecule has 0 saturated heterocycles. The molecule has 2 rings (SSSR count). The highest BCUT2D eigenvalue weighted by molar-refractivity contribution is 5.92. The fourth-order valence-electron chi connectivity index (χ4n) is 2.93. The van der Waals surface area contributed by atoms with Gasteiger partial charge in [-0.1, -0.05) is 49.3 Å². The maximum absolute atomic E-state index is 12.5. The monoisotopic (exact) mass is 343 g/mol. The third kappa shape index (κ3) is 5.71. The summed E-state index contributed by atoms with van der Waals surface area (Å²) < 4.78 is 5.37. The molecule has 0 aliphatic carbocycles. The molecule has 1 aromatic heterocycles. The van der Waals surface area contributed by atoms with E-state index in [1.54, 1.807) is 11.0 Å². The summed E-state index contributed by atoms with van der Waals surface area (Å²) in [7, 11) is 3.85. The van der Waals surface area contributed by atoms with Crippen LogP contribution >= 0.6 is 0 Å². The Morgan fingerprint density at radius 3 is 2.44 bits per heavy atom. The first-order valence-electron chi connectivity index (χ1n) is 8.82. The number of rotatable bonds is 8. The number of carbonyl (C=O) groups excluding carboxylic acids is 1. The summed E-state index contributed by atoms with van der Waals surface area (Å²) >= 11 is 0. The number of hydrogen-bond acceptors (Lipinski definition) is 4. The van der Waals surface area contributed by atoms with Crippen molar-refractivity contribution in [1.29, 1.82) is 0 Å². The molecule has 0 saturated carbocycles. The first kappa shape index (κ1) is 19.2. The van der Waals surface area contributed by atoms with Gasteiger partial charge in [0.05, 0.1) is 6.54 Å². The van der Waals surface area contributed by atoms with Crippen LogP contribution in [0.3, 0.4) is 0 Å². The molecule has 1 amide bonds. The van der Waals surface area contributed by atoms with Crippen molar-refractivity contribution in [2.75, 3.05) is 14.1 Å². The second-order valence-electron chi connectivity index (χ2n) is 7.23. The zero-order valence-electron chi connectivity index (χ0n) is 15.9. The molecule has 0 N–H and O–H groups in total. The Kier molecular flexibility index (Phi) is 6.76. The quantitative estimate of drug-likeness (QED) is 0.731. The predicted molar refractivity (Wildman–Crippen MR) is 99.1 cm³/mol. The van der Waals surface area contributed by atoms with Crippen molar-refractivity contribution in [3.05, 3.63) is 53.4 Å². The van der Waals surface area contributed by atoms with Crippen molar-refractivity contribution in [1.82, 2.24) is 15.0 Å². The van der Waals surface area contributed by atoms with Crippen LogP contribution in [-0.4, -0.2) is 41.0 Å². The summed E-state index contributed by atoms with van der Waals surface area (Å²) in [6, 6.07) is 12.2. The second-order valence-corrected chi connectivity index (χ2v) is 7.23. The van der Waals surface area contributed by atoms with Crippen LogP contribution in [0.15, 0.2) is 40.9 Å². The van der Waals surface area contributed by atoms with Crippen LogP contribution in [0.1, 0.15) is 49.0 Å². The van der Waals surface area contributed by atoms with E-state index >= 15 is 0 Å². The zero-order valence-corrected chi connectivity index (χ0v) is 15.9. The summed E-state index contributed by atoms with van der Waals surface area (Å²) in [5.41, 5.74) is 1.62. The average molecular weight is 343 g/mol. The van der Waals surface area contributed by atoms with Gasteiger partial charge in [0.25, 0.3) is 5.91 Å². The smallest absolute Gasteiger partial charge is 0.276 e. The SMILES string of the molecule is CC(C)C[C@@H](C)N(C)C(=O)c1cc(CN(C)Cc2ccccc2)on1. The second kappa shape index (κ2) is 8.81. The summed E-state index contributed by atoms with van der Waals surface area (Å²) in [6.45, 7) is 7.81. The minimum Gasteiger partial charge on any atom is -0.359 e. The lowest BCUT2D eigenvalue weighted by Crippen LogP contribution is -2.36. The van der Waals surface area contributed by atoms with E-state index in [0.717, 1.165) is 13.0 Å². The minimum atomic E-state index is -0.0890. The molecule has 1 heterocycles. The molecule has 1 atom stereocenters. The van der Waals surface area contributed by atoms with Crippen LogP contribution in [-0.2, 0) is 13.1 Å². The van der Waals surface area contributed by atoms with E-state index in [0.29, 0.717) is 23.9 Å². The van der Waals surface area contributed by atoms with Gasteiger partial charge in [0.15, 0.2) is 11.5 Å². The molecule has 1 aromatic carbocycles. The predicted octanol–water partition coefficient (Wildman–Crippen LogP) is 3.81. The zero-order chi connectivity index (χ0) is 18.4. The van der Waals surface area contributed by atoms with Gasteiger partial charge in [0, 0.05) is 25.7 Å². The molecule has 0 radical (unpaired) electrons. The summed E-state index contributed by atoms with van der Waals surface area (Å²) in [5.74, 6) is 1.16. The molecule has 5 nitrogen and oxygen atoms in total. The van der Waals surface area contributed by atoms with Gasteiger partial charge < -0.3 is 9.42 Å². The Morgan fingerprint density at radius 2 is 1.80 bits per heavy atom. The van der Waals surface area contributed by atoms with Gasteiger partial charge in [-0.15, -0.1) is 0 Å². The molecule has 0 unspecified atom stereocenters. The number of benzene rings is 1. The van der Waals surface area contributed by atoms with E-state index in [2.05, 4.69) is 43.0 Å².